The van der Waals surface area contributed by atoms with Gasteiger partial charge in [-0.15, -0.1) is 11.3 Å². The number of benzene rings is 1. The van der Waals surface area contributed by atoms with E-state index in [2.05, 4.69) is 15.4 Å². The van der Waals surface area contributed by atoms with Gasteiger partial charge in [0.25, 0.3) is 5.91 Å². The van der Waals surface area contributed by atoms with Crippen LogP contribution in [0.5, 0.6) is 5.75 Å². The van der Waals surface area contributed by atoms with Gasteiger partial charge >= 0.3 is 0 Å². The van der Waals surface area contributed by atoms with Crippen LogP contribution in [-0.4, -0.2) is 34.7 Å². The standard InChI is InChI=1S/C19H23N3O2S/c1-14(20-21-19(24)18-6-5-11-25-18)15-7-8-17(23)16(12-15)13-22-9-3-2-4-10-22/h5-8,11-12,23H,2-4,9-10,13H2,1H3,(H,21,24)/b20-14+. The van der Waals surface area contributed by atoms with Crippen molar-refractivity contribution in [3.63, 3.8) is 0 Å². The minimum absolute atomic E-state index is 0.207. The minimum Gasteiger partial charge on any atom is -0.508 e. The number of carbonyl (C=O) groups excluding carboxylic acids is 1. The molecule has 0 atom stereocenters. The van der Waals surface area contributed by atoms with Gasteiger partial charge in [-0.2, -0.15) is 5.10 Å². The second kappa shape index (κ2) is 8.27. The summed E-state index contributed by atoms with van der Waals surface area (Å²) in [7, 11) is 0. The summed E-state index contributed by atoms with van der Waals surface area (Å²) in [5, 5.41) is 16.2. The van der Waals surface area contributed by atoms with E-state index in [4.69, 9.17) is 0 Å². The Balaban J connectivity index is 1.69. The molecule has 0 aliphatic carbocycles. The van der Waals surface area contributed by atoms with E-state index in [0.717, 1.165) is 30.8 Å². The average molecular weight is 357 g/mol. The van der Waals surface area contributed by atoms with Crippen molar-refractivity contribution in [3.05, 3.63) is 51.7 Å². The van der Waals surface area contributed by atoms with E-state index in [9.17, 15) is 9.90 Å². The number of hydrogen-bond donors (Lipinski definition) is 2. The van der Waals surface area contributed by atoms with Gasteiger partial charge in [-0.1, -0.05) is 12.5 Å². The molecule has 1 aromatic carbocycles. The second-order valence-corrected chi connectivity index (χ2v) is 7.24. The monoisotopic (exact) mass is 357 g/mol. The molecule has 25 heavy (non-hydrogen) atoms. The zero-order valence-electron chi connectivity index (χ0n) is 14.4. The van der Waals surface area contributed by atoms with E-state index in [1.807, 2.05) is 30.5 Å². The molecule has 0 saturated carbocycles. The largest absolute Gasteiger partial charge is 0.508 e. The normalized spacial score (nSPS) is 16.0. The molecule has 2 N–H and O–H groups in total. The number of phenolic OH excluding ortho intramolecular Hbond substituents is 1. The molecule has 0 unspecified atom stereocenters. The van der Waals surface area contributed by atoms with Gasteiger partial charge in [-0.25, -0.2) is 5.43 Å². The van der Waals surface area contributed by atoms with Crippen molar-refractivity contribution in [3.8, 4) is 5.75 Å². The zero-order valence-corrected chi connectivity index (χ0v) is 15.2. The van der Waals surface area contributed by atoms with E-state index in [1.165, 1.54) is 30.6 Å². The van der Waals surface area contributed by atoms with Gasteiger partial charge < -0.3 is 5.11 Å². The molecule has 0 radical (unpaired) electrons. The Morgan fingerprint density at radius 3 is 2.80 bits per heavy atom. The molecular weight excluding hydrogens is 334 g/mol. The van der Waals surface area contributed by atoms with Crippen molar-refractivity contribution >= 4 is 23.0 Å². The molecule has 0 spiro atoms. The number of nitrogens with zero attached hydrogens (tertiary/aromatic N) is 2. The first-order valence-electron chi connectivity index (χ1n) is 8.56. The molecule has 1 aromatic heterocycles. The quantitative estimate of drug-likeness (QED) is 0.635. The molecule has 1 saturated heterocycles. The number of nitrogens with one attached hydrogen (secondary N) is 1. The maximum Gasteiger partial charge on any atom is 0.281 e. The number of hydrogen-bond acceptors (Lipinski definition) is 5. The van der Waals surface area contributed by atoms with Crippen LogP contribution in [0.4, 0.5) is 0 Å². The first-order chi connectivity index (χ1) is 12.1. The van der Waals surface area contributed by atoms with Crippen molar-refractivity contribution in [2.24, 2.45) is 5.10 Å². The van der Waals surface area contributed by atoms with Crippen LogP contribution in [0.3, 0.4) is 0 Å². The van der Waals surface area contributed by atoms with Crippen molar-refractivity contribution < 1.29 is 9.90 Å². The van der Waals surface area contributed by atoms with Crippen molar-refractivity contribution in [2.75, 3.05) is 13.1 Å². The number of hydrazone groups is 1. The smallest absolute Gasteiger partial charge is 0.281 e. The first-order valence-corrected chi connectivity index (χ1v) is 9.44. The van der Waals surface area contributed by atoms with Crippen LogP contribution in [0.1, 0.15) is 47.0 Å². The summed E-state index contributed by atoms with van der Waals surface area (Å²) in [6.07, 6.45) is 3.73. The second-order valence-electron chi connectivity index (χ2n) is 6.30. The predicted octanol–water partition coefficient (Wildman–Crippen LogP) is 3.59. The van der Waals surface area contributed by atoms with Crippen LogP contribution < -0.4 is 5.43 Å². The highest BCUT2D eigenvalue weighted by Gasteiger charge is 2.13. The highest BCUT2D eigenvalue weighted by atomic mass is 32.1. The van der Waals surface area contributed by atoms with E-state index in [-0.39, 0.29) is 5.91 Å². The van der Waals surface area contributed by atoms with Crippen molar-refractivity contribution in [1.82, 2.24) is 10.3 Å². The van der Waals surface area contributed by atoms with Gasteiger partial charge in [0.1, 0.15) is 5.75 Å². The van der Waals surface area contributed by atoms with Crippen LogP contribution in [0.2, 0.25) is 0 Å². The SMILES string of the molecule is C/C(=N\NC(=O)c1cccs1)c1ccc(O)c(CN2CCCCC2)c1. The van der Waals surface area contributed by atoms with Gasteiger partial charge in [-0.3, -0.25) is 9.69 Å². The lowest BCUT2D eigenvalue weighted by atomic mass is 10.0. The fraction of sp³-hybridized carbons (Fsp3) is 0.368. The number of phenols is 1. The Bertz CT molecular complexity index is 750. The summed E-state index contributed by atoms with van der Waals surface area (Å²) in [5.41, 5.74) is 5.10. The van der Waals surface area contributed by atoms with Crippen molar-refractivity contribution in [1.29, 1.82) is 0 Å². The number of carbonyl (C=O) groups is 1. The van der Waals surface area contributed by atoms with Gasteiger partial charge in [-0.05, 0) is 68.1 Å². The maximum atomic E-state index is 12.0. The third-order valence-electron chi connectivity index (χ3n) is 4.41. The molecule has 132 valence electrons. The predicted molar refractivity (Wildman–Crippen MR) is 101 cm³/mol. The molecule has 1 aliphatic heterocycles. The molecule has 0 bridgehead atoms. The molecule has 1 amide bonds. The van der Waals surface area contributed by atoms with E-state index >= 15 is 0 Å². The first kappa shape index (κ1) is 17.6. The Hall–Kier alpha value is -2.18. The average Bonchev–Trinajstić information content (AvgIpc) is 3.17. The van der Waals surface area contributed by atoms with Crippen LogP contribution in [-0.2, 0) is 6.54 Å². The Labute approximate surface area is 152 Å². The molecule has 2 heterocycles. The molecule has 1 fully saturated rings. The summed E-state index contributed by atoms with van der Waals surface area (Å²) in [5.74, 6) is 0.103. The summed E-state index contributed by atoms with van der Waals surface area (Å²) in [4.78, 5) is 15.0. The third kappa shape index (κ3) is 4.67. The fourth-order valence-corrected chi connectivity index (χ4v) is 3.57. The summed E-state index contributed by atoms with van der Waals surface area (Å²) >= 11 is 1.38. The van der Waals surface area contributed by atoms with Crippen molar-refractivity contribution in [2.45, 2.75) is 32.7 Å². The van der Waals surface area contributed by atoms with E-state index < -0.39 is 0 Å². The number of amides is 1. The number of likely N-dealkylation sites (tertiary alicyclic amines) is 1. The van der Waals surface area contributed by atoms with E-state index in [0.29, 0.717) is 16.3 Å². The molecule has 3 rings (SSSR count). The molecule has 2 aromatic rings. The van der Waals surface area contributed by atoms with Gasteiger partial charge in [0.05, 0.1) is 10.6 Å². The lowest BCUT2D eigenvalue weighted by molar-refractivity contribution is 0.0959. The lowest BCUT2D eigenvalue weighted by Gasteiger charge is -2.26. The summed E-state index contributed by atoms with van der Waals surface area (Å²) in [6, 6.07) is 9.09. The molecular formula is C19H23N3O2S. The number of aromatic hydroxyl groups is 1. The van der Waals surface area contributed by atoms with Crippen LogP contribution in [0.25, 0.3) is 0 Å². The number of piperidine rings is 1. The van der Waals surface area contributed by atoms with E-state index in [1.54, 1.807) is 12.1 Å². The summed E-state index contributed by atoms with van der Waals surface area (Å²) in [6.45, 7) is 4.75. The number of rotatable bonds is 5. The van der Waals surface area contributed by atoms with Crippen LogP contribution >= 0.6 is 11.3 Å². The Morgan fingerprint density at radius 1 is 1.28 bits per heavy atom. The maximum absolute atomic E-state index is 12.0. The van der Waals surface area contributed by atoms with Gasteiger partial charge in [0.15, 0.2) is 0 Å². The third-order valence-corrected chi connectivity index (χ3v) is 5.28. The van der Waals surface area contributed by atoms with Gasteiger partial charge in [0, 0.05) is 12.1 Å². The topological polar surface area (TPSA) is 64.9 Å². The minimum atomic E-state index is -0.207. The highest BCUT2D eigenvalue weighted by Crippen LogP contribution is 2.22. The van der Waals surface area contributed by atoms with Crippen LogP contribution in [0.15, 0.2) is 40.8 Å². The molecule has 1 aliphatic rings. The Morgan fingerprint density at radius 2 is 2.08 bits per heavy atom. The van der Waals surface area contributed by atoms with Crippen LogP contribution in [0, 0.1) is 0 Å². The number of thiophene rings is 1. The fourth-order valence-electron chi connectivity index (χ4n) is 2.96. The van der Waals surface area contributed by atoms with Gasteiger partial charge in [0.2, 0.25) is 0 Å². The summed E-state index contributed by atoms with van der Waals surface area (Å²) < 4.78 is 0. The Kier molecular flexibility index (Phi) is 5.83. The highest BCUT2D eigenvalue weighted by molar-refractivity contribution is 7.12. The zero-order chi connectivity index (χ0) is 17.6. The molecule has 5 nitrogen and oxygen atoms in total. The lowest BCUT2D eigenvalue weighted by Crippen LogP contribution is -2.29. The molecule has 6 heteroatoms.